The van der Waals surface area contributed by atoms with Crippen molar-refractivity contribution in [1.29, 1.82) is 0 Å². The molecule has 0 unspecified atom stereocenters. The van der Waals surface area contributed by atoms with Crippen LogP contribution >= 0.6 is 0 Å². The maximum atomic E-state index is 12.6. The third-order valence-electron chi connectivity index (χ3n) is 4.07. The van der Waals surface area contributed by atoms with E-state index in [4.69, 9.17) is 10.5 Å². The molecule has 0 bridgehead atoms. The van der Waals surface area contributed by atoms with Crippen LogP contribution in [0.4, 0.5) is 0 Å². The van der Waals surface area contributed by atoms with Gasteiger partial charge in [-0.3, -0.25) is 0 Å². The predicted molar refractivity (Wildman–Crippen MR) is 82.8 cm³/mol. The lowest BCUT2D eigenvalue weighted by Gasteiger charge is -2.32. The summed E-state index contributed by atoms with van der Waals surface area (Å²) in [5.41, 5.74) is 5.88. The summed E-state index contributed by atoms with van der Waals surface area (Å²) >= 11 is 0. The van der Waals surface area contributed by atoms with Gasteiger partial charge in [0.2, 0.25) is 10.0 Å². The topological polar surface area (TPSA) is 72.6 Å². The molecule has 118 valence electrons. The van der Waals surface area contributed by atoms with E-state index in [1.807, 2.05) is 6.92 Å². The van der Waals surface area contributed by atoms with Gasteiger partial charge in [0.25, 0.3) is 0 Å². The standard InChI is InChI=1S/C15H24N2O3S/c1-3-20-14-8-10-15(11-9-14)21(18,19)17(2)13-6-4-12(16)5-7-13/h8-13H,3-7,16H2,1-2H3. The summed E-state index contributed by atoms with van der Waals surface area (Å²) in [4.78, 5) is 0.309. The van der Waals surface area contributed by atoms with Gasteiger partial charge in [-0.15, -0.1) is 0 Å². The van der Waals surface area contributed by atoms with E-state index < -0.39 is 10.0 Å². The number of nitrogens with two attached hydrogens (primary N) is 1. The predicted octanol–water partition coefficient (Wildman–Crippen LogP) is 1.98. The molecule has 1 aromatic rings. The molecule has 0 aromatic heterocycles. The molecule has 2 N–H and O–H groups in total. The van der Waals surface area contributed by atoms with Crippen LogP contribution in [0.1, 0.15) is 32.6 Å². The van der Waals surface area contributed by atoms with Gasteiger partial charge >= 0.3 is 0 Å². The van der Waals surface area contributed by atoms with Crippen molar-refractivity contribution in [3.05, 3.63) is 24.3 Å². The lowest BCUT2D eigenvalue weighted by molar-refractivity contribution is 0.268. The van der Waals surface area contributed by atoms with E-state index in [0.29, 0.717) is 17.3 Å². The van der Waals surface area contributed by atoms with Crippen LogP contribution in [0.25, 0.3) is 0 Å². The van der Waals surface area contributed by atoms with Gasteiger partial charge in [-0.25, -0.2) is 8.42 Å². The summed E-state index contributed by atoms with van der Waals surface area (Å²) < 4.78 is 32.1. The molecule has 5 nitrogen and oxygen atoms in total. The average molecular weight is 312 g/mol. The van der Waals surface area contributed by atoms with Gasteiger partial charge in [-0.05, 0) is 56.9 Å². The minimum Gasteiger partial charge on any atom is -0.494 e. The van der Waals surface area contributed by atoms with Crippen LogP contribution in [-0.2, 0) is 10.0 Å². The van der Waals surface area contributed by atoms with Crippen molar-refractivity contribution in [3.8, 4) is 5.75 Å². The zero-order valence-corrected chi connectivity index (χ0v) is 13.5. The fourth-order valence-corrected chi connectivity index (χ4v) is 4.12. The maximum absolute atomic E-state index is 12.6. The summed E-state index contributed by atoms with van der Waals surface area (Å²) in [6.07, 6.45) is 3.42. The Morgan fingerprint density at radius 3 is 2.29 bits per heavy atom. The molecule has 21 heavy (non-hydrogen) atoms. The highest BCUT2D eigenvalue weighted by Gasteiger charge is 2.30. The average Bonchev–Trinajstić information content (AvgIpc) is 2.48. The molecule has 0 amide bonds. The first kappa shape index (κ1) is 16.3. The Morgan fingerprint density at radius 1 is 1.19 bits per heavy atom. The number of rotatable bonds is 5. The van der Waals surface area contributed by atoms with Gasteiger partial charge in [-0.1, -0.05) is 0 Å². The highest BCUT2D eigenvalue weighted by molar-refractivity contribution is 7.89. The molecule has 0 saturated heterocycles. The Bertz CT molecular complexity index is 549. The molecular weight excluding hydrogens is 288 g/mol. The first-order valence-corrected chi connectivity index (χ1v) is 8.85. The van der Waals surface area contributed by atoms with Crippen LogP contribution in [-0.4, -0.2) is 38.5 Å². The molecule has 2 rings (SSSR count). The Kier molecular flexibility index (Phi) is 5.24. The van der Waals surface area contributed by atoms with Crippen LogP contribution in [0, 0.1) is 0 Å². The second kappa shape index (κ2) is 6.77. The fourth-order valence-electron chi connectivity index (χ4n) is 2.70. The fraction of sp³-hybridized carbons (Fsp3) is 0.600. The number of nitrogens with zero attached hydrogens (tertiary/aromatic N) is 1. The lowest BCUT2D eigenvalue weighted by Crippen LogP contribution is -2.41. The van der Waals surface area contributed by atoms with Crippen LogP contribution in [0.5, 0.6) is 5.75 Å². The number of hydrogen-bond acceptors (Lipinski definition) is 4. The highest BCUT2D eigenvalue weighted by Crippen LogP contribution is 2.26. The molecule has 0 spiro atoms. The summed E-state index contributed by atoms with van der Waals surface area (Å²) in [6, 6.07) is 6.85. The van der Waals surface area contributed by atoms with E-state index in [9.17, 15) is 8.42 Å². The van der Waals surface area contributed by atoms with Crippen molar-refractivity contribution in [2.24, 2.45) is 5.73 Å². The number of benzene rings is 1. The zero-order chi connectivity index (χ0) is 15.5. The van der Waals surface area contributed by atoms with E-state index in [2.05, 4.69) is 0 Å². The minimum absolute atomic E-state index is 0.0429. The Hall–Kier alpha value is -1.11. The van der Waals surface area contributed by atoms with Crippen molar-refractivity contribution in [3.63, 3.8) is 0 Å². The van der Waals surface area contributed by atoms with E-state index in [1.54, 1.807) is 31.3 Å². The van der Waals surface area contributed by atoms with Gasteiger partial charge in [0.05, 0.1) is 11.5 Å². The maximum Gasteiger partial charge on any atom is 0.243 e. The number of hydrogen-bond donors (Lipinski definition) is 1. The van der Waals surface area contributed by atoms with Gasteiger partial charge < -0.3 is 10.5 Å². The van der Waals surface area contributed by atoms with Gasteiger partial charge in [0.15, 0.2) is 0 Å². The summed E-state index contributed by atoms with van der Waals surface area (Å²) in [6.45, 7) is 2.46. The van der Waals surface area contributed by atoms with Crippen molar-refractivity contribution < 1.29 is 13.2 Å². The van der Waals surface area contributed by atoms with Crippen LogP contribution in [0.3, 0.4) is 0 Å². The quantitative estimate of drug-likeness (QED) is 0.902. The van der Waals surface area contributed by atoms with Crippen molar-refractivity contribution in [1.82, 2.24) is 4.31 Å². The molecule has 1 fully saturated rings. The minimum atomic E-state index is -3.45. The number of ether oxygens (including phenoxy) is 1. The van der Waals surface area contributed by atoms with Crippen LogP contribution < -0.4 is 10.5 Å². The first-order valence-electron chi connectivity index (χ1n) is 7.41. The molecule has 1 aliphatic carbocycles. The smallest absolute Gasteiger partial charge is 0.243 e. The van der Waals surface area contributed by atoms with Gasteiger partial charge in [-0.2, -0.15) is 4.31 Å². The van der Waals surface area contributed by atoms with Crippen molar-refractivity contribution in [2.75, 3.05) is 13.7 Å². The third kappa shape index (κ3) is 3.75. The second-order valence-electron chi connectivity index (χ2n) is 5.49. The molecule has 0 radical (unpaired) electrons. The van der Waals surface area contributed by atoms with Crippen LogP contribution in [0.2, 0.25) is 0 Å². The largest absolute Gasteiger partial charge is 0.494 e. The Morgan fingerprint density at radius 2 is 1.76 bits per heavy atom. The molecule has 1 aliphatic rings. The first-order chi connectivity index (χ1) is 9.95. The summed E-state index contributed by atoms with van der Waals surface area (Å²) in [5, 5.41) is 0. The van der Waals surface area contributed by atoms with E-state index in [0.717, 1.165) is 25.7 Å². The van der Waals surface area contributed by atoms with E-state index in [-0.39, 0.29) is 12.1 Å². The second-order valence-corrected chi connectivity index (χ2v) is 7.49. The lowest BCUT2D eigenvalue weighted by atomic mass is 9.92. The molecule has 6 heteroatoms. The van der Waals surface area contributed by atoms with Gasteiger partial charge in [0.1, 0.15) is 5.75 Å². The molecule has 0 heterocycles. The highest BCUT2D eigenvalue weighted by atomic mass is 32.2. The SMILES string of the molecule is CCOc1ccc(S(=O)(=O)N(C)C2CCC(N)CC2)cc1. The third-order valence-corrected chi connectivity index (χ3v) is 5.99. The molecular formula is C15H24N2O3S. The summed E-state index contributed by atoms with van der Waals surface area (Å²) in [7, 11) is -1.79. The molecule has 0 atom stereocenters. The monoisotopic (exact) mass is 312 g/mol. The summed E-state index contributed by atoms with van der Waals surface area (Å²) in [5.74, 6) is 0.683. The normalized spacial score (nSPS) is 23.2. The van der Waals surface area contributed by atoms with E-state index in [1.165, 1.54) is 4.31 Å². The molecule has 1 saturated carbocycles. The Balaban J connectivity index is 2.13. The van der Waals surface area contributed by atoms with Crippen molar-refractivity contribution in [2.45, 2.75) is 49.6 Å². The van der Waals surface area contributed by atoms with E-state index >= 15 is 0 Å². The van der Waals surface area contributed by atoms with Crippen molar-refractivity contribution >= 4 is 10.0 Å². The molecule has 1 aromatic carbocycles. The molecule has 0 aliphatic heterocycles. The number of sulfonamides is 1. The Labute approximate surface area is 127 Å². The van der Waals surface area contributed by atoms with Gasteiger partial charge in [0, 0.05) is 19.1 Å². The zero-order valence-electron chi connectivity index (χ0n) is 12.7. The van der Waals surface area contributed by atoms with Crippen LogP contribution in [0.15, 0.2) is 29.2 Å².